The maximum absolute atomic E-state index is 10.9. The lowest BCUT2D eigenvalue weighted by atomic mass is 9.73. The number of nitrogens with one attached hydrogen (secondary N) is 2. The van der Waals surface area contributed by atoms with Crippen molar-refractivity contribution in [2.24, 2.45) is 11.3 Å². The molecule has 2 rings (SSSR count). The van der Waals surface area contributed by atoms with Crippen molar-refractivity contribution < 1.29 is 4.92 Å². The van der Waals surface area contributed by atoms with Gasteiger partial charge in [0.05, 0.1) is 17.1 Å². The number of nitro groups is 1. The molecule has 7 nitrogen and oxygen atoms in total. The number of aromatic nitrogens is 1. The van der Waals surface area contributed by atoms with E-state index in [2.05, 4.69) is 29.6 Å². The summed E-state index contributed by atoms with van der Waals surface area (Å²) in [5.41, 5.74) is 2.49. The largest absolute Gasteiger partial charge is 0.367 e. The number of hydrazine groups is 1. The van der Waals surface area contributed by atoms with Crippen molar-refractivity contribution >= 4 is 17.3 Å². The molecule has 0 amide bonds. The Morgan fingerprint density at radius 2 is 2.10 bits per heavy atom. The summed E-state index contributed by atoms with van der Waals surface area (Å²) in [6.45, 7) is 4.42. The van der Waals surface area contributed by atoms with E-state index < -0.39 is 4.92 Å². The summed E-state index contributed by atoms with van der Waals surface area (Å²) < 4.78 is 0. The van der Waals surface area contributed by atoms with E-state index >= 15 is 0 Å². The second kappa shape index (κ2) is 5.62. The molecule has 1 aliphatic rings. The third-order valence-electron chi connectivity index (χ3n) is 4.00. The second-order valence-electron chi connectivity index (χ2n) is 5.93. The first kappa shape index (κ1) is 14.5. The Labute approximate surface area is 118 Å². The van der Waals surface area contributed by atoms with E-state index in [9.17, 15) is 10.1 Å². The predicted octanol–water partition coefficient (Wildman–Crippen LogP) is 2.66. The molecule has 0 spiro atoms. The average molecular weight is 279 g/mol. The van der Waals surface area contributed by atoms with Crippen LogP contribution in [0.3, 0.4) is 0 Å². The lowest BCUT2D eigenvalue weighted by molar-refractivity contribution is -0.384. The van der Waals surface area contributed by atoms with E-state index in [1.54, 1.807) is 0 Å². The molecule has 1 unspecified atom stereocenters. The Balaban J connectivity index is 2.23. The summed E-state index contributed by atoms with van der Waals surface area (Å²) in [5.74, 6) is 6.09. The number of hydrogen-bond acceptors (Lipinski definition) is 6. The lowest BCUT2D eigenvalue weighted by Crippen LogP contribution is -2.39. The Kier molecular flexibility index (Phi) is 4.08. The molecular weight excluding hydrogens is 258 g/mol. The van der Waals surface area contributed by atoms with Gasteiger partial charge >= 0.3 is 0 Å². The third-order valence-corrected chi connectivity index (χ3v) is 4.00. The van der Waals surface area contributed by atoms with Crippen LogP contribution in [0.5, 0.6) is 0 Å². The fourth-order valence-corrected chi connectivity index (χ4v) is 2.71. The number of nitrogens with zero attached hydrogens (tertiary/aromatic N) is 2. The van der Waals surface area contributed by atoms with Gasteiger partial charge in [0.25, 0.3) is 5.69 Å². The number of anilines is 2. The molecule has 110 valence electrons. The molecular formula is C13H21N5O2. The first-order chi connectivity index (χ1) is 9.42. The van der Waals surface area contributed by atoms with Crippen LogP contribution in [0.4, 0.5) is 17.3 Å². The highest BCUT2D eigenvalue weighted by Gasteiger charge is 2.32. The zero-order chi connectivity index (χ0) is 14.8. The van der Waals surface area contributed by atoms with Crippen LogP contribution in [-0.4, -0.2) is 15.9 Å². The van der Waals surface area contributed by atoms with Crippen LogP contribution in [0.2, 0.25) is 0 Å². The Hall–Kier alpha value is -1.89. The number of rotatable bonds is 4. The van der Waals surface area contributed by atoms with Gasteiger partial charge < -0.3 is 10.7 Å². The van der Waals surface area contributed by atoms with Crippen LogP contribution in [-0.2, 0) is 0 Å². The van der Waals surface area contributed by atoms with E-state index in [0.29, 0.717) is 5.82 Å². The summed E-state index contributed by atoms with van der Waals surface area (Å²) in [6, 6.07) is 3.03. The van der Waals surface area contributed by atoms with Crippen molar-refractivity contribution in [2.75, 3.05) is 10.7 Å². The molecule has 1 aromatic heterocycles. The molecule has 0 saturated heterocycles. The second-order valence-corrected chi connectivity index (χ2v) is 5.93. The van der Waals surface area contributed by atoms with Gasteiger partial charge in [0.1, 0.15) is 11.6 Å². The minimum absolute atomic E-state index is 0.0240. The van der Waals surface area contributed by atoms with Crippen LogP contribution in [0, 0.1) is 15.5 Å². The Morgan fingerprint density at radius 1 is 1.40 bits per heavy atom. The third kappa shape index (κ3) is 3.16. The quantitative estimate of drug-likeness (QED) is 0.444. The van der Waals surface area contributed by atoms with Crippen molar-refractivity contribution in [2.45, 2.75) is 45.6 Å². The molecule has 0 bridgehead atoms. The molecule has 1 aromatic rings. The minimum atomic E-state index is -0.445. The molecule has 0 aromatic carbocycles. The van der Waals surface area contributed by atoms with E-state index in [1.165, 1.54) is 18.6 Å². The summed E-state index contributed by atoms with van der Waals surface area (Å²) in [5, 5.41) is 14.3. The van der Waals surface area contributed by atoms with Gasteiger partial charge in [-0.2, -0.15) is 0 Å². The minimum Gasteiger partial charge on any atom is -0.367 e. The molecule has 0 radical (unpaired) electrons. The average Bonchev–Trinajstić information content (AvgIpc) is 2.40. The standard InChI is InChI=1S/C13H21N5O2/c1-13(2)6-4-3-5-10(13)15-11-7-9(18(19)20)8-12(16-11)17-14/h7-8,10H,3-6,14H2,1-2H3,(H2,15,16,17). The molecule has 1 fully saturated rings. The van der Waals surface area contributed by atoms with Crippen LogP contribution >= 0.6 is 0 Å². The van der Waals surface area contributed by atoms with Gasteiger partial charge in [-0.1, -0.05) is 26.7 Å². The first-order valence-corrected chi connectivity index (χ1v) is 6.82. The van der Waals surface area contributed by atoms with Crippen LogP contribution < -0.4 is 16.6 Å². The first-order valence-electron chi connectivity index (χ1n) is 6.82. The molecule has 1 atom stereocenters. The summed E-state index contributed by atoms with van der Waals surface area (Å²) in [4.78, 5) is 14.7. The van der Waals surface area contributed by atoms with Gasteiger partial charge in [-0.25, -0.2) is 10.8 Å². The molecule has 0 aliphatic heterocycles. The lowest BCUT2D eigenvalue weighted by Gasteiger charge is -2.39. The van der Waals surface area contributed by atoms with Gasteiger partial charge in [-0.05, 0) is 18.3 Å². The number of hydrogen-bond donors (Lipinski definition) is 3. The topological polar surface area (TPSA) is 106 Å². The number of nitrogen functional groups attached to an aromatic ring is 1. The zero-order valence-corrected chi connectivity index (χ0v) is 11.8. The number of pyridine rings is 1. The highest BCUT2D eigenvalue weighted by atomic mass is 16.6. The van der Waals surface area contributed by atoms with E-state index in [4.69, 9.17) is 5.84 Å². The van der Waals surface area contributed by atoms with Gasteiger partial charge in [0, 0.05) is 6.04 Å². The van der Waals surface area contributed by atoms with Gasteiger partial charge in [-0.3, -0.25) is 10.1 Å². The fraction of sp³-hybridized carbons (Fsp3) is 0.615. The monoisotopic (exact) mass is 279 g/mol. The summed E-state index contributed by atoms with van der Waals surface area (Å²) in [6.07, 6.45) is 4.57. The normalized spacial score (nSPS) is 21.2. The molecule has 20 heavy (non-hydrogen) atoms. The van der Waals surface area contributed by atoms with Gasteiger partial charge in [0.2, 0.25) is 0 Å². The highest BCUT2D eigenvalue weighted by Crippen LogP contribution is 2.37. The van der Waals surface area contributed by atoms with Crippen LogP contribution in [0.1, 0.15) is 39.5 Å². The summed E-state index contributed by atoms with van der Waals surface area (Å²) >= 11 is 0. The fourth-order valence-electron chi connectivity index (χ4n) is 2.71. The van der Waals surface area contributed by atoms with Crippen molar-refractivity contribution in [1.29, 1.82) is 0 Å². The highest BCUT2D eigenvalue weighted by molar-refractivity contribution is 5.54. The Morgan fingerprint density at radius 3 is 2.70 bits per heavy atom. The predicted molar refractivity (Wildman–Crippen MR) is 78.4 cm³/mol. The Bertz CT molecular complexity index is 504. The molecule has 1 heterocycles. The van der Waals surface area contributed by atoms with Crippen molar-refractivity contribution in [1.82, 2.24) is 4.98 Å². The molecule has 7 heteroatoms. The maximum Gasteiger partial charge on any atom is 0.276 e. The summed E-state index contributed by atoms with van der Waals surface area (Å²) in [7, 11) is 0. The van der Waals surface area contributed by atoms with E-state index in [1.807, 2.05) is 0 Å². The van der Waals surface area contributed by atoms with E-state index in [-0.39, 0.29) is 23.0 Å². The van der Waals surface area contributed by atoms with Gasteiger partial charge in [-0.15, -0.1) is 0 Å². The van der Waals surface area contributed by atoms with Crippen LogP contribution in [0.15, 0.2) is 12.1 Å². The number of nitrogens with two attached hydrogens (primary N) is 1. The maximum atomic E-state index is 10.9. The van der Waals surface area contributed by atoms with Crippen molar-refractivity contribution in [3.8, 4) is 0 Å². The molecule has 4 N–H and O–H groups in total. The molecule has 1 saturated carbocycles. The van der Waals surface area contributed by atoms with Crippen molar-refractivity contribution in [3.05, 3.63) is 22.2 Å². The van der Waals surface area contributed by atoms with Crippen LogP contribution in [0.25, 0.3) is 0 Å². The van der Waals surface area contributed by atoms with E-state index in [0.717, 1.165) is 19.3 Å². The SMILES string of the molecule is CC1(C)CCCCC1Nc1cc([N+](=O)[O-])cc(NN)n1. The smallest absolute Gasteiger partial charge is 0.276 e. The zero-order valence-electron chi connectivity index (χ0n) is 11.8. The van der Waals surface area contributed by atoms with Crippen molar-refractivity contribution in [3.63, 3.8) is 0 Å². The van der Waals surface area contributed by atoms with Gasteiger partial charge in [0.15, 0.2) is 0 Å². The molecule has 1 aliphatic carbocycles.